The topological polar surface area (TPSA) is 122 Å². The Morgan fingerprint density at radius 3 is 1.91 bits per heavy atom. The number of ether oxygens (including phenoxy) is 4. The Bertz CT molecular complexity index is 1610. The Morgan fingerprint density at radius 1 is 0.830 bits per heavy atom. The molecule has 47 heavy (non-hydrogen) atoms. The van der Waals surface area contributed by atoms with Crippen molar-refractivity contribution in [2.45, 2.75) is 78.3 Å². The molecule has 2 aromatic rings. The quantitative estimate of drug-likeness (QED) is 0.210. The van der Waals surface area contributed by atoms with Crippen molar-refractivity contribution in [2.24, 2.45) is 29.1 Å². The van der Waals surface area contributed by atoms with Crippen molar-refractivity contribution in [2.75, 3.05) is 0 Å². The van der Waals surface area contributed by atoms with Crippen LogP contribution in [0.2, 0.25) is 0 Å². The van der Waals surface area contributed by atoms with E-state index in [-0.39, 0.29) is 34.8 Å². The Hall–Kier alpha value is -4.53. The van der Waals surface area contributed by atoms with E-state index >= 15 is 0 Å². The normalized spacial score (nSPS) is 31.2. The number of carbonyl (C=O) groups is 5. The summed E-state index contributed by atoms with van der Waals surface area (Å²) >= 11 is 0. The minimum absolute atomic E-state index is 0.00893. The van der Waals surface area contributed by atoms with Gasteiger partial charge < -0.3 is 18.9 Å². The first-order valence-electron chi connectivity index (χ1n) is 16.0. The zero-order chi connectivity index (χ0) is 34.3. The Labute approximate surface area is 275 Å². The highest BCUT2D eigenvalue weighted by molar-refractivity contribution is 6.03. The van der Waals surface area contributed by atoms with Crippen LogP contribution in [-0.2, 0) is 33.3 Å². The number of hydrogen-bond donors (Lipinski definition) is 0. The number of fused-ring (bicyclic) bond motifs is 2. The number of allylic oxidation sites excluding steroid dienone is 1. The molecule has 9 nitrogen and oxygen atoms in total. The summed E-state index contributed by atoms with van der Waals surface area (Å²) in [6.07, 6.45) is -1.13. The fraction of sp³-hybridized carbons (Fsp3) is 0.447. The van der Waals surface area contributed by atoms with Gasteiger partial charge in [-0.25, -0.2) is 9.59 Å². The largest absolute Gasteiger partial charge is 0.458 e. The molecule has 248 valence electrons. The van der Waals surface area contributed by atoms with Crippen molar-refractivity contribution >= 4 is 29.7 Å². The summed E-state index contributed by atoms with van der Waals surface area (Å²) in [4.78, 5) is 67.3. The molecule has 0 radical (unpaired) electrons. The third-order valence-electron chi connectivity index (χ3n) is 10.1. The van der Waals surface area contributed by atoms with Gasteiger partial charge >= 0.3 is 23.9 Å². The van der Waals surface area contributed by atoms with Crippen molar-refractivity contribution in [1.82, 2.24) is 0 Å². The predicted molar refractivity (Wildman–Crippen MR) is 172 cm³/mol. The van der Waals surface area contributed by atoms with E-state index in [2.05, 4.69) is 20.4 Å². The van der Waals surface area contributed by atoms with Crippen LogP contribution in [-0.4, -0.2) is 53.6 Å². The van der Waals surface area contributed by atoms with Gasteiger partial charge in [0.05, 0.1) is 17.0 Å². The van der Waals surface area contributed by atoms with Crippen LogP contribution in [0.3, 0.4) is 0 Å². The zero-order valence-corrected chi connectivity index (χ0v) is 27.7. The van der Waals surface area contributed by atoms with Crippen LogP contribution < -0.4 is 0 Å². The summed E-state index contributed by atoms with van der Waals surface area (Å²) in [7, 11) is 0. The third kappa shape index (κ3) is 6.53. The second-order valence-corrected chi connectivity index (χ2v) is 13.7. The number of hydrogen-bond acceptors (Lipinski definition) is 9. The van der Waals surface area contributed by atoms with Crippen LogP contribution in [0.5, 0.6) is 0 Å². The summed E-state index contributed by atoms with van der Waals surface area (Å²) in [6.45, 7) is 14.4. The summed E-state index contributed by atoms with van der Waals surface area (Å²) in [5.74, 6) is -4.93. The highest BCUT2D eigenvalue weighted by Crippen LogP contribution is 2.63. The molecule has 3 aliphatic carbocycles. The molecule has 0 aliphatic heterocycles. The predicted octanol–water partition coefficient (Wildman–Crippen LogP) is 6.07. The first kappa shape index (κ1) is 33.8. The molecule has 0 N–H and O–H groups in total. The molecule has 0 aromatic heterocycles. The number of ketones is 1. The molecule has 2 aromatic carbocycles. The second-order valence-electron chi connectivity index (χ2n) is 13.7. The van der Waals surface area contributed by atoms with Gasteiger partial charge in [0, 0.05) is 25.8 Å². The lowest BCUT2D eigenvalue weighted by Crippen LogP contribution is -2.55. The molecule has 5 rings (SSSR count). The maximum absolute atomic E-state index is 14.7. The molecule has 2 fully saturated rings. The van der Waals surface area contributed by atoms with E-state index in [0.29, 0.717) is 17.6 Å². The van der Waals surface area contributed by atoms with Crippen molar-refractivity contribution in [3.63, 3.8) is 0 Å². The molecule has 0 bridgehead atoms. The van der Waals surface area contributed by atoms with Crippen LogP contribution in [0.25, 0.3) is 0 Å². The number of Topliss-reactive ketones (excluding diaryl/α,β-unsaturated/α-hetero) is 1. The number of carbonyl (C=O) groups excluding carboxylic acids is 5. The van der Waals surface area contributed by atoms with E-state index in [9.17, 15) is 24.0 Å². The minimum atomic E-state index is -1.89. The van der Waals surface area contributed by atoms with Crippen LogP contribution >= 0.6 is 0 Å². The summed E-state index contributed by atoms with van der Waals surface area (Å²) in [5.41, 5.74) is -0.942. The number of esters is 4. The maximum Gasteiger partial charge on any atom is 0.338 e. The lowest BCUT2D eigenvalue weighted by molar-refractivity contribution is -0.179. The standard InChI is InChI=1S/C38H42O9/c1-21-18-28-29(37(28,6)7)19-30(45-35(42)26-14-10-8-11-15-26)23(3)33(44-24(4)39)31-32(46-36(43)27-16-12-9-13-17-27)22(2)20-38(31,34(21)41)47-25(5)40/h8-18,22,28-33H,3,19-20H2,1-2,4-7H3/t22-,28+,29-,30-,31+,32-,33-,38+/m0/s1. The van der Waals surface area contributed by atoms with E-state index in [0.717, 1.165) is 0 Å². The van der Waals surface area contributed by atoms with Gasteiger partial charge in [-0.1, -0.05) is 69.8 Å². The van der Waals surface area contributed by atoms with Gasteiger partial charge in [-0.15, -0.1) is 0 Å². The first-order chi connectivity index (χ1) is 22.2. The molecule has 0 spiro atoms. The summed E-state index contributed by atoms with van der Waals surface area (Å²) < 4.78 is 24.3. The second kappa shape index (κ2) is 12.9. The molecule has 0 amide bonds. The monoisotopic (exact) mass is 642 g/mol. The molecule has 9 heteroatoms. The Kier molecular flexibility index (Phi) is 9.31. The third-order valence-corrected chi connectivity index (χ3v) is 10.1. The fourth-order valence-corrected chi connectivity index (χ4v) is 7.64. The van der Waals surface area contributed by atoms with Gasteiger partial charge in [0.15, 0.2) is 5.60 Å². The summed E-state index contributed by atoms with van der Waals surface area (Å²) in [6, 6.07) is 16.9. The molecule has 2 saturated carbocycles. The Morgan fingerprint density at radius 2 is 1.38 bits per heavy atom. The SMILES string of the molecule is C=C1[C@@H](OC(=O)c2ccccc2)C[C@H]2[C@@H](C=C(C)C(=O)[C@@]3(OC(C)=O)C[C@H](C)[C@H](OC(=O)c4ccccc4)[C@@H]3[C@H]1OC(C)=O)C2(C)C. The molecular formula is C38H42O9. The van der Waals surface area contributed by atoms with Crippen molar-refractivity contribution in [3.8, 4) is 0 Å². The molecule has 0 saturated heterocycles. The van der Waals surface area contributed by atoms with Crippen LogP contribution in [0.15, 0.2) is 84.5 Å². The van der Waals surface area contributed by atoms with Gasteiger partial charge in [-0.05, 0) is 66.4 Å². The highest BCUT2D eigenvalue weighted by atomic mass is 16.6. The smallest absolute Gasteiger partial charge is 0.338 e. The van der Waals surface area contributed by atoms with Crippen LogP contribution in [0, 0.1) is 29.1 Å². The lowest BCUT2D eigenvalue weighted by atomic mass is 9.76. The average molecular weight is 643 g/mol. The van der Waals surface area contributed by atoms with E-state index in [1.54, 1.807) is 74.5 Å². The van der Waals surface area contributed by atoms with Gasteiger partial charge in [0.1, 0.15) is 18.3 Å². The van der Waals surface area contributed by atoms with Crippen LogP contribution in [0.1, 0.15) is 75.1 Å². The van der Waals surface area contributed by atoms with E-state index in [1.807, 2.05) is 6.08 Å². The molecule has 8 atom stereocenters. The van der Waals surface area contributed by atoms with Gasteiger partial charge in [-0.3, -0.25) is 14.4 Å². The highest BCUT2D eigenvalue weighted by Gasteiger charge is 2.66. The van der Waals surface area contributed by atoms with Crippen molar-refractivity contribution in [1.29, 1.82) is 0 Å². The van der Waals surface area contributed by atoms with E-state index < -0.39 is 65.4 Å². The van der Waals surface area contributed by atoms with E-state index in [4.69, 9.17) is 18.9 Å². The maximum atomic E-state index is 14.7. The number of benzene rings is 2. The van der Waals surface area contributed by atoms with E-state index in [1.165, 1.54) is 13.8 Å². The van der Waals surface area contributed by atoms with Crippen molar-refractivity contribution in [3.05, 3.63) is 95.6 Å². The van der Waals surface area contributed by atoms with Gasteiger partial charge in [0.25, 0.3) is 0 Å². The number of rotatable bonds is 6. The van der Waals surface area contributed by atoms with Crippen LogP contribution in [0.4, 0.5) is 0 Å². The van der Waals surface area contributed by atoms with Crippen molar-refractivity contribution < 1.29 is 42.9 Å². The first-order valence-corrected chi connectivity index (χ1v) is 16.0. The van der Waals surface area contributed by atoms with Gasteiger partial charge in [-0.2, -0.15) is 0 Å². The summed E-state index contributed by atoms with van der Waals surface area (Å²) in [5, 5.41) is 0. The average Bonchev–Trinajstić information content (AvgIpc) is 3.41. The molecule has 0 unspecified atom stereocenters. The minimum Gasteiger partial charge on any atom is -0.458 e. The lowest BCUT2D eigenvalue weighted by Gasteiger charge is -2.40. The zero-order valence-electron chi connectivity index (χ0n) is 27.7. The van der Waals surface area contributed by atoms with Gasteiger partial charge in [0.2, 0.25) is 5.78 Å². The molecule has 3 aliphatic rings. The molecular weight excluding hydrogens is 600 g/mol. The fourth-order valence-electron chi connectivity index (χ4n) is 7.64. The molecule has 0 heterocycles. The Balaban J connectivity index is 1.68.